The van der Waals surface area contributed by atoms with Gasteiger partial charge < -0.3 is 24.4 Å². The van der Waals surface area contributed by atoms with Crippen molar-refractivity contribution in [3.8, 4) is 17.2 Å². The van der Waals surface area contributed by atoms with Gasteiger partial charge in [-0.15, -0.1) is 0 Å². The molecule has 0 unspecified atom stereocenters. The summed E-state index contributed by atoms with van der Waals surface area (Å²) in [7, 11) is 2.90. The van der Waals surface area contributed by atoms with Gasteiger partial charge in [0.15, 0.2) is 6.61 Å². The summed E-state index contributed by atoms with van der Waals surface area (Å²) >= 11 is 0. The molecule has 1 N–H and O–H groups in total. The lowest BCUT2D eigenvalue weighted by atomic mass is 9.94. The van der Waals surface area contributed by atoms with Crippen molar-refractivity contribution in [1.29, 1.82) is 0 Å². The normalized spacial score (nSPS) is 14.0. The van der Waals surface area contributed by atoms with Gasteiger partial charge in [0, 0.05) is 31.1 Å². The predicted octanol–water partition coefficient (Wildman–Crippen LogP) is 5.08. The van der Waals surface area contributed by atoms with Crippen LogP contribution in [0, 0.1) is 10.1 Å². The minimum Gasteiger partial charge on any atom is -0.497 e. The lowest BCUT2D eigenvalue weighted by Crippen LogP contribution is -2.53. The number of ether oxygens (including phenoxy) is 3. The number of rotatable bonds is 13. The summed E-state index contributed by atoms with van der Waals surface area (Å²) in [6.45, 7) is -0.231. The fourth-order valence-corrected chi connectivity index (χ4v) is 5.19. The number of nitro groups is 1. The molecular weight excluding hydrogens is 538 g/mol. The molecule has 1 atom stereocenters. The van der Waals surface area contributed by atoms with E-state index in [1.54, 1.807) is 12.0 Å². The van der Waals surface area contributed by atoms with Gasteiger partial charge in [0.05, 0.1) is 19.1 Å². The molecule has 4 rings (SSSR count). The first-order valence-electron chi connectivity index (χ1n) is 14.1. The van der Waals surface area contributed by atoms with Gasteiger partial charge in [0.1, 0.15) is 17.5 Å². The Hall–Kier alpha value is -4.60. The van der Waals surface area contributed by atoms with Gasteiger partial charge in [-0.2, -0.15) is 0 Å². The third-order valence-electron chi connectivity index (χ3n) is 7.42. The van der Waals surface area contributed by atoms with Crippen molar-refractivity contribution >= 4 is 17.5 Å². The van der Waals surface area contributed by atoms with E-state index < -0.39 is 16.9 Å². The van der Waals surface area contributed by atoms with Gasteiger partial charge in [0.25, 0.3) is 5.91 Å². The summed E-state index contributed by atoms with van der Waals surface area (Å²) in [6.07, 6.45) is 5.43. The second-order valence-corrected chi connectivity index (χ2v) is 10.3. The zero-order chi connectivity index (χ0) is 29.9. The molecule has 0 spiro atoms. The predicted molar refractivity (Wildman–Crippen MR) is 158 cm³/mol. The van der Waals surface area contributed by atoms with Gasteiger partial charge in [-0.1, -0.05) is 61.7 Å². The van der Waals surface area contributed by atoms with Crippen molar-refractivity contribution in [2.45, 2.75) is 57.2 Å². The van der Waals surface area contributed by atoms with E-state index in [-0.39, 0.29) is 42.3 Å². The molecule has 222 valence electrons. The molecule has 0 bridgehead atoms. The Morgan fingerprint density at radius 2 is 1.67 bits per heavy atom. The molecule has 42 heavy (non-hydrogen) atoms. The number of amides is 2. The number of carbonyl (C=O) groups excluding carboxylic acids is 2. The molecule has 2 amide bonds. The van der Waals surface area contributed by atoms with Crippen LogP contribution in [0.15, 0.2) is 72.8 Å². The number of nitro benzene ring substituents is 1. The second-order valence-electron chi connectivity index (χ2n) is 10.3. The van der Waals surface area contributed by atoms with Crippen LogP contribution in [0.4, 0.5) is 5.69 Å². The number of nitrogens with zero attached hydrogens (tertiary/aromatic N) is 2. The maximum atomic E-state index is 13.9. The Morgan fingerprint density at radius 3 is 2.36 bits per heavy atom. The smallest absolute Gasteiger partial charge is 0.311 e. The van der Waals surface area contributed by atoms with E-state index >= 15 is 0 Å². The average Bonchev–Trinajstić information content (AvgIpc) is 3.02. The Morgan fingerprint density at radius 1 is 0.929 bits per heavy atom. The highest BCUT2D eigenvalue weighted by molar-refractivity contribution is 5.88. The van der Waals surface area contributed by atoms with Crippen LogP contribution in [-0.2, 0) is 22.6 Å². The minimum atomic E-state index is -0.803. The molecule has 3 aromatic carbocycles. The van der Waals surface area contributed by atoms with Gasteiger partial charge >= 0.3 is 5.69 Å². The lowest BCUT2D eigenvalue weighted by molar-refractivity contribution is -0.385. The monoisotopic (exact) mass is 575 g/mol. The molecule has 1 aliphatic carbocycles. The van der Waals surface area contributed by atoms with Crippen LogP contribution < -0.4 is 19.5 Å². The average molecular weight is 576 g/mol. The van der Waals surface area contributed by atoms with E-state index in [2.05, 4.69) is 5.32 Å². The lowest BCUT2D eigenvalue weighted by Gasteiger charge is -2.33. The molecule has 10 nitrogen and oxygen atoms in total. The summed E-state index contributed by atoms with van der Waals surface area (Å²) in [5, 5.41) is 14.5. The van der Waals surface area contributed by atoms with E-state index in [0.29, 0.717) is 12.2 Å². The van der Waals surface area contributed by atoms with Crippen molar-refractivity contribution < 1.29 is 28.7 Å². The molecule has 0 heterocycles. The highest BCUT2D eigenvalue weighted by atomic mass is 16.6. The zero-order valence-corrected chi connectivity index (χ0v) is 24.0. The topological polar surface area (TPSA) is 120 Å². The molecule has 10 heteroatoms. The van der Waals surface area contributed by atoms with Crippen molar-refractivity contribution in [3.63, 3.8) is 0 Å². The highest BCUT2D eigenvalue weighted by Gasteiger charge is 2.32. The first kappa shape index (κ1) is 30.4. The van der Waals surface area contributed by atoms with E-state index in [0.717, 1.165) is 43.2 Å². The van der Waals surface area contributed by atoms with Crippen LogP contribution in [0.5, 0.6) is 17.2 Å². The molecule has 0 radical (unpaired) electrons. The van der Waals surface area contributed by atoms with Crippen LogP contribution in [0.1, 0.15) is 43.2 Å². The van der Waals surface area contributed by atoms with E-state index in [1.807, 2.05) is 54.6 Å². The molecule has 0 saturated heterocycles. The summed E-state index contributed by atoms with van der Waals surface area (Å²) in [5.74, 6) is 0.277. The number of hydrogen-bond donors (Lipinski definition) is 1. The highest BCUT2D eigenvalue weighted by Crippen LogP contribution is 2.31. The molecule has 1 saturated carbocycles. The standard InChI is InChI=1S/C32H37N3O7/c1-40-26-15-9-12-24(18-26)21-34(31(36)22-42-27-16-17-28(35(38)39)30(20-27)41-2)29(19-23-10-5-3-6-11-23)32(37)33-25-13-7-4-8-14-25/h3,5-6,9-12,15-18,20,25,29H,4,7-8,13-14,19,21-22H2,1-2H3,(H,33,37)/t29-/m0/s1. The van der Waals surface area contributed by atoms with Crippen LogP contribution in [0.3, 0.4) is 0 Å². The molecule has 1 fully saturated rings. The van der Waals surface area contributed by atoms with Gasteiger partial charge in [-0.25, -0.2) is 0 Å². The second kappa shape index (κ2) is 14.9. The maximum Gasteiger partial charge on any atom is 0.311 e. The first-order valence-corrected chi connectivity index (χ1v) is 14.1. The number of carbonyl (C=O) groups is 2. The van der Waals surface area contributed by atoms with Crippen molar-refractivity contribution in [2.75, 3.05) is 20.8 Å². The number of methoxy groups -OCH3 is 2. The van der Waals surface area contributed by atoms with Gasteiger partial charge in [0.2, 0.25) is 11.7 Å². The molecule has 0 aliphatic heterocycles. The Balaban J connectivity index is 1.63. The van der Waals surface area contributed by atoms with Crippen LogP contribution in [0.2, 0.25) is 0 Å². The van der Waals surface area contributed by atoms with Crippen LogP contribution >= 0.6 is 0 Å². The van der Waals surface area contributed by atoms with Gasteiger partial charge in [-0.05, 0) is 42.2 Å². The van der Waals surface area contributed by atoms with Crippen molar-refractivity contribution in [1.82, 2.24) is 10.2 Å². The summed E-state index contributed by atoms with van der Waals surface area (Å²) in [4.78, 5) is 40.0. The zero-order valence-electron chi connectivity index (χ0n) is 24.0. The summed E-state index contributed by atoms with van der Waals surface area (Å²) < 4.78 is 16.3. The molecule has 0 aromatic heterocycles. The minimum absolute atomic E-state index is 0.0204. The third kappa shape index (κ3) is 8.22. The molecule has 1 aliphatic rings. The summed E-state index contributed by atoms with van der Waals surface area (Å²) in [5.41, 5.74) is 1.51. The van der Waals surface area contributed by atoms with Crippen molar-refractivity contribution in [3.05, 3.63) is 94.0 Å². The number of hydrogen-bond acceptors (Lipinski definition) is 7. The largest absolute Gasteiger partial charge is 0.497 e. The molecule has 3 aromatic rings. The number of benzene rings is 3. The van der Waals surface area contributed by atoms with E-state index in [4.69, 9.17) is 14.2 Å². The maximum absolute atomic E-state index is 13.9. The fraction of sp³-hybridized carbons (Fsp3) is 0.375. The third-order valence-corrected chi connectivity index (χ3v) is 7.42. The van der Waals surface area contributed by atoms with Crippen LogP contribution in [0.25, 0.3) is 0 Å². The van der Waals surface area contributed by atoms with E-state index in [1.165, 1.54) is 25.3 Å². The Labute approximate surface area is 245 Å². The van der Waals surface area contributed by atoms with Crippen LogP contribution in [-0.4, -0.2) is 54.5 Å². The molecular formula is C32H37N3O7. The quantitative estimate of drug-likeness (QED) is 0.223. The Kier molecular flexibility index (Phi) is 10.7. The van der Waals surface area contributed by atoms with E-state index in [9.17, 15) is 19.7 Å². The fourth-order valence-electron chi connectivity index (χ4n) is 5.19. The first-order chi connectivity index (χ1) is 20.4. The Bertz CT molecular complexity index is 1360. The van der Waals surface area contributed by atoms with Crippen molar-refractivity contribution in [2.24, 2.45) is 0 Å². The van der Waals surface area contributed by atoms with Gasteiger partial charge in [-0.3, -0.25) is 19.7 Å². The number of nitrogens with one attached hydrogen (secondary N) is 1. The SMILES string of the molecule is COc1cccc(CN(C(=O)COc2ccc([N+](=O)[O-])c(OC)c2)[C@@H](Cc2ccccc2)C(=O)NC2CCCCC2)c1. The summed E-state index contributed by atoms with van der Waals surface area (Å²) in [6, 6.07) is 20.3.